The van der Waals surface area contributed by atoms with Crippen LogP contribution in [0.3, 0.4) is 0 Å². The van der Waals surface area contributed by atoms with Crippen LogP contribution in [0.2, 0.25) is 0 Å². The van der Waals surface area contributed by atoms with E-state index in [9.17, 15) is 9.59 Å². The van der Waals surface area contributed by atoms with Crippen molar-refractivity contribution in [2.75, 3.05) is 7.11 Å². The largest absolute Gasteiger partial charge is 0.469 e. The fourth-order valence-electron chi connectivity index (χ4n) is 4.48. The average molecular weight is 400 g/mol. The van der Waals surface area contributed by atoms with Crippen LogP contribution in [0.15, 0.2) is 91.0 Å². The monoisotopic (exact) mass is 400 g/mol. The zero-order valence-corrected chi connectivity index (χ0v) is 16.8. The number of carbonyl (C=O) groups is 2. The average Bonchev–Trinajstić information content (AvgIpc) is 2.79. The van der Waals surface area contributed by atoms with E-state index in [1.54, 1.807) is 0 Å². The summed E-state index contributed by atoms with van der Waals surface area (Å²) in [4.78, 5) is 26.0. The maximum Gasteiger partial charge on any atom is 0.310 e. The molecule has 4 heteroatoms. The van der Waals surface area contributed by atoms with Crippen molar-refractivity contribution in [2.24, 2.45) is 11.8 Å². The van der Waals surface area contributed by atoms with Gasteiger partial charge < -0.3 is 9.47 Å². The van der Waals surface area contributed by atoms with Crippen molar-refractivity contribution in [2.45, 2.75) is 18.4 Å². The van der Waals surface area contributed by atoms with Crippen LogP contribution in [0.4, 0.5) is 0 Å². The van der Waals surface area contributed by atoms with Crippen molar-refractivity contribution >= 4 is 11.9 Å². The highest BCUT2D eigenvalue weighted by Gasteiger charge is 2.59. The zero-order chi connectivity index (χ0) is 20.9. The van der Waals surface area contributed by atoms with Crippen molar-refractivity contribution in [1.82, 2.24) is 0 Å². The molecule has 3 aromatic carbocycles. The van der Waals surface area contributed by atoms with Gasteiger partial charge in [0.2, 0.25) is 0 Å². The molecule has 1 aliphatic rings. The summed E-state index contributed by atoms with van der Waals surface area (Å²) in [6, 6.07) is 29.0. The van der Waals surface area contributed by atoms with Crippen LogP contribution in [0.1, 0.15) is 28.5 Å². The highest BCUT2D eigenvalue weighted by Crippen LogP contribution is 2.58. The molecular weight excluding hydrogens is 376 g/mol. The predicted octanol–water partition coefficient (Wildman–Crippen LogP) is 4.72. The molecule has 1 saturated carbocycles. The van der Waals surface area contributed by atoms with Crippen molar-refractivity contribution in [1.29, 1.82) is 0 Å². The number of rotatable bonds is 6. The Bertz CT molecular complexity index is 938. The van der Waals surface area contributed by atoms with Gasteiger partial charge in [0.25, 0.3) is 0 Å². The maximum atomic E-state index is 13.2. The van der Waals surface area contributed by atoms with E-state index < -0.39 is 11.8 Å². The SMILES string of the molecule is COC(=O)C1[C@@H](c2ccccc2)C(C(=O)OCc2ccccc2)[C@H]1c1ccccc1. The van der Waals surface area contributed by atoms with Crippen LogP contribution in [0.25, 0.3) is 0 Å². The molecule has 4 nitrogen and oxygen atoms in total. The first kappa shape index (κ1) is 19.9. The lowest BCUT2D eigenvalue weighted by molar-refractivity contribution is -0.166. The second kappa shape index (κ2) is 8.95. The zero-order valence-electron chi connectivity index (χ0n) is 16.8. The van der Waals surface area contributed by atoms with E-state index in [1.165, 1.54) is 7.11 Å². The maximum absolute atomic E-state index is 13.2. The van der Waals surface area contributed by atoms with Crippen molar-refractivity contribution in [3.8, 4) is 0 Å². The van der Waals surface area contributed by atoms with Gasteiger partial charge in [-0.15, -0.1) is 0 Å². The van der Waals surface area contributed by atoms with Crippen LogP contribution in [0.5, 0.6) is 0 Å². The minimum absolute atomic E-state index is 0.210. The van der Waals surface area contributed by atoms with E-state index in [0.717, 1.165) is 16.7 Å². The summed E-state index contributed by atoms with van der Waals surface area (Å²) >= 11 is 0. The standard InChI is InChI=1S/C26H24O4/c1-29-25(27)23-21(19-13-7-3-8-14-19)24(22(23)20-15-9-4-10-16-20)26(28)30-17-18-11-5-2-6-12-18/h2-16,21-24H,17H2,1H3/t21-,22+,23?,24?. The molecule has 2 unspecified atom stereocenters. The van der Waals surface area contributed by atoms with E-state index in [0.29, 0.717) is 0 Å². The molecule has 0 spiro atoms. The molecule has 0 heterocycles. The molecule has 0 aromatic heterocycles. The van der Waals surface area contributed by atoms with Gasteiger partial charge in [0.1, 0.15) is 6.61 Å². The number of benzene rings is 3. The van der Waals surface area contributed by atoms with Gasteiger partial charge in [-0.2, -0.15) is 0 Å². The molecule has 0 amide bonds. The van der Waals surface area contributed by atoms with Crippen LogP contribution in [-0.4, -0.2) is 19.0 Å². The Hall–Kier alpha value is -3.40. The summed E-state index contributed by atoms with van der Waals surface area (Å²) in [6.07, 6.45) is 0. The van der Waals surface area contributed by atoms with Crippen molar-refractivity contribution in [3.63, 3.8) is 0 Å². The summed E-state index contributed by atoms with van der Waals surface area (Å²) in [6.45, 7) is 0.210. The molecule has 3 aromatic rings. The van der Waals surface area contributed by atoms with Gasteiger partial charge >= 0.3 is 11.9 Å². The van der Waals surface area contributed by atoms with E-state index in [1.807, 2.05) is 91.0 Å². The second-order valence-electron chi connectivity index (χ2n) is 7.54. The van der Waals surface area contributed by atoms with Gasteiger partial charge in [-0.25, -0.2) is 0 Å². The summed E-state index contributed by atoms with van der Waals surface area (Å²) in [5.74, 6) is -2.05. The fraction of sp³-hybridized carbons (Fsp3) is 0.231. The third kappa shape index (κ3) is 3.86. The first-order valence-corrected chi connectivity index (χ1v) is 10.1. The minimum Gasteiger partial charge on any atom is -0.469 e. The molecule has 4 atom stereocenters. The van der Waals surface area contributed by atoms with Gasteiger partial charge in [0.05, 0.1) is 18.9 Å². The molecule has 152 valence electrons. The number of esters is 2. The highest BCUT2D eigenvalue weighted by atomic mass is 16.5. The minimum atomic E-state index is -0.456. The lowest BCUT2D eigenvalue weighted by Gasteiger charge is -2.49. The van der Waals surface area contributed by atoms with Crippen molar-refractivity contribution in [3.05, 3.63) is 108 Å². The second-order valence-corrected chi connectivity index (χ2v) is 7.54. The third-order valence-corrected chi connectivity index (χ3v) is 5.89. The Balaban J connectivity index is 1.67. The van der Waals surface area contributed by atoms with Crippen LogP contribution in [-0.2, 0) is 25.7 Å². The molecule has 1 aliphatic carbocycles. The van der Waals surface area contributed by atoms with E-state index in [2.05, 4.69) is 0 Å². The molecule has 0 saturated heterocycles. The summed E-state index contributed by atoms with van der Waals surface area (Å²) in [7, 11) is 1.40. The van der Waals surface area contributed by atoms with E-state index in [-0.39, 0.29) is 30.4 Å². The molecule has 4 rings (SSSR count). The number of hydrogen-bond acceptors (Lipinski definition) is 4. The first-order valence-electron chi connectivity index (χ1n) is 10.1. The van der Waals surface area contributed by atoms with Gasteiger partial charge in [-0.05, 0) is 16.7 Å². The summed E-state index contributed by atoms with van der Waals surface area (Å²) < 4.78 is 10.8. The number of ether oxygens (including phenoxy) is 2. The Morgan fingerprint density at radius 3 is 1.57 bits per heavy atom. The van der Waals surface area contributed by atoms with Crippen LogP contribution in [0, 0.1) is 11.8 Å². The summed E-state index contributed by atoms with van der Waals surface area (Å²) in [5.41, 5.74) is 2.82. The molecule has 0 N–H and O–H groups in total. The Morgan fingerprint density at radius 1 is 0.667 bits per heavy atom. The van der Waals surface area contributed by atoms with Gasteiger partial charge in [-0.3, -0.25) is 9.59 Å². The van der Waals surface area contributed by atoms with Gasteiger partial charge in [-0.1, -0.05) is 91.0 Å². The lowest BCUT2D eigenvalue weighted by atomic mass is 9.52. The Labute approximate surface area is 176 Å². The number of methoxy groups -OCH3 is 1. The molecule has 0 aliphatic heterocycles. The lowest BCUT2D eigenvalue weighted by Crippen LogP contribution is -2.51. The van der Waals surface area contributed by atoms with Crippen molar-refractivity contribution < 1.29 is 19.1 Å². The highest BCUT2D eigenvalue weighted by molar-refractivity contribution is 5.85. The fourth-order valence-corrected chi connectivity index (χ4v) is 4.48. The topological polar surface area (TPSA) is 52.6 Å². The molecule has 0 bridgehead atoms. The number of hydrogen-bond donors (Lipinski definition) is 0. The predicted molar refractivity (Wildman–Crippen MR) is 114 cm³/mol. The third-order valence-electron chi connectivity index (χ3n) is 5.89. The first-order chi connectivity index (χ1) is 14.7. The molecule has 1 fully saturated rings. The Morgan fingerprint density at radius 2 is 1.10 bits per heavy atom. The normalized spacial score (nSPS) is 22.6. The quantitative estimate of drug-likeness (QED) is 0.562. The smallest absolute Gasteiger partial charge is 0.310 e. The van der Waals surface area contributed by atoms with Crippen LogP contribution >= 0.6 is 0 Å². The Kier molecular flexibility index (Phi) is 5.94. The summed E-state index contributed by atoms with van der Waals surface area (Å²) in [5, 5.41) is 0. The van der Waals surface area contributed by atoms with E-state index >= 15 is 0 Å². The van der Waals surface area contributed by atoms with E-state index in [4.69, 9.17) is 9.47 Å². The van der Waals surface area contributed by atoms with Gasteiger partial charge in [0, 0.05) is 11.8 Å². The molecule has 30 heavy (non-hydrogen) atoms. The molecule has 0 radical (unpaired) electrons. The molecular formula is C26H24O4. The van der Waals surface area contributed by atoms with Gasteiger partial charge in [0.15, 0.2) is 0 Å². The van der Waals surface area contributed by atoms with Crippen LogP contribution < -0.4 is 0 Å². The number of carbonyl (C=O) groups excluding carboxylic acids is 2.